The minimum atomic E-state index is -0.704. The first-order valence-corrected chi connectivity index (χ1v) is 7.23. The monoisotopic (exact) mass is 324 g/mol. The molecule has 0 heterocycles. The van der Waals surface area contributed by atoms with Gasteiger partial charge in [-0.1, -0.05) is 18.2 Å². The number of carbonyl (C=O) groups is 2. The van der Waals surface area contributed by atoms with E-state index in [2.05, 4.69) is 0 Å². The lowest BCUT2D eigenvalue weighted by Crippen LogP contribution is -2.06. The molecule has 0 aliphatic carbocycles. The molecule has 0 saturated heterocycles. The Morgan fingerprint density at radius 2 is 1.38 bits per heavy atom. The van der Waals surface area contributed by atoms with E-state index in [9.17, 15) is 9.59 Å². The standard InChI is InChI=1S/C18H16N2O4/c1-3-23-17(21)15(11-19)9-13-6-5-7-14(8-13)10-16(12-20)18(22)24-4-2/h5-10H,3-4H2,1-2H3/b15-9+,16-10+. The zero-order chi connectivity index (χ0) is 17.9. The third kappa shape index (κ3) is 5.43. The van der Waals surface area contributed by atoms with E-state index in [1.165, 1.54) is 12.2 Å². The van der Waals surface area contributed by atoms with Gasteiger partial charge in [-0.2, -0.15) is 10.5 Å². The van der Waals surface area contributed by atoms with Crippen LogP contribution >= 0.6 is 0 Å². The van der Waals surface area contributed by atoms with Crippen LogP contribution in [0.4, 0.5) is 0 Å². The fraction of sp³-hybridized carbons (Fsp3) is 0.222. The lowest BCUT2D eigenvalue weighted by atomic mass is 10.1. The Labute approximate surface area is 140 Å². The summed E-state index contributed by atoms with van der Waals surface area (Å²) in [6.07, 6.45) is 2.76. The zero-order valence-electron chi connectivity index (χ0n) is 13.4. The predicted molar refractivity (Wildman–Crippen MR) is 86.9 cm³/mol. The second kappa shape index (κ2) is 9.60. The van der Waals surface area contributed by atoms with Crippen molar-refractivity contribution in [3.05, 3.63) is 46.5 Å². The van der Waals surface area contributed by atoms with Crippen molar-refractivity contribution in [2.45, 2.75) is 13.8 Å². The summed E-state index contributed by atoms with van der Waals surface area (Å²) in [5.41, 5.74) is 0.858. The molecule has 0 amide bonds. The maximum Gasteiger partial charge on any atom is 0.348 e. The first-order chi connectivity index (χ1) is 11.5. The Balaban J connectivity index is 3.15. The fourth-order valence-electron chi connectivity index (χ4n) is 1.76. The van der Waals surface area contributed by atoms with Crippen molar-refractivity contribution in [1.29, 1.82) is 10.5 Å². The van der Waals surface area contributed by atoms with Crippen LogP contribution < -0.4 is 0 Å². The van der Waals surface area contributed by atoms with Gasteiger partial charge in [0.2, 0.25) is 0 Å². The van der Waals surface area contributed by atoms with E-state index in [-0.39, 0.29) is 24.4 Å². The third-order valence-electron chi connectivity index (χ3n) is 2.76. The third-order valence-corrected chi connectivity index (χ3v) is 2.76. The molecule has 0 spiro atoms. The number of carbonyl (C=O) groups excluding carboxylic acids is 2. The minimum absolute atomic E-state index is 0.135. The summed E-state index contributed by atoms with van der Waals surface area (Å²) < 4.78 is 9.58. The fourth-order valence-corrected chi connectivity index (χ4v) is 1.76. The van der Waals surface area contributed by atoms with E-state index < -0.39 is 11.9 Å². The number of benzene rings is 1. The lowest BCUT2D eigenvalue weighted by Gasteiger charge is -2.02. The van der Waals surface area contributed by atoms with Gasteiger partial charge in [0.25, 0.3) is 0 Å². The molecule has 0 unspecified atom stereocenters. The zero-order valence-corrected chi connectivity index (χ0v) is 13.4. The van der Waals surface area contributed by atoms with Gasteiger partial charge >= 0.3 is 11.9 Å². The second-order valence-electron chi connectivity index (χ2n) is 4.45. The van der Waals surface area contributed by atoms with Gasteiger partial charge in [-0.05, 0) is 43.2 Å². The first-order valence-electron chi connectivity index (χ1n) is 7.23. The molecule has 0 bridgehead atoms. The molecule has 1 aromatic carbocycles. The molecule has 0 aromatic heterocycles. The molecular formula is C18H16N2O4. The first kappa shape index (κ1) is 18.7. The molecule has 0 atom stereocenters. The van der Waals surface area contributed by atoms with Crippen molar-refractivity contribution in [2.24, 2.45) is 0 Å². The van der Waals surface area contributed by atoms with Crippen LogP contribution in [0.25, 0.3) is 12.2 Å². The molecule has 1 rings (SSSR count). The summed E-state index contributed by atoms with van der Waals surface area (Å²) in [5.74, 6) is -1.41. The highest BCUT2D eigenvalue weighted by atomic mass is 16.5. The van der Waals surface area contributed by atoms with Crippen molar-refractivity contribution < 1.29 is 19.1 Å². The molecule has 0 radical (unpaired) electrons. The molecule has 0 saturated carbocycles. The Bertz CT molecular complexity index is 703. The van der Waals surface area contributed by atoms with E-state index in [1.807, 2.05) is 0 Å². The van der Waals surface area contributed by atoms with Crippen LogP contribution in [0.15, 0.2) is 35.4 Å². The molecule has 1 aromatic rings. The Morgan fingerprint density at radius 3 is 1.71 bits per heavy atom. The van der Waals surface area contributed by atoms with Gasteiger partial charge in [0.1, 0.15) is 23.3 Å². The molecule has 6 nitrogen and oxygen atoms in total. The van der Waals surface area contributed by atoms with E-state index in [1.54, 1.807) is 50.3 Å². The SMILES string of the molecule is CCOC(=O)/C(C#N)=C/c1cccc(/C=C(\C#N)C(=O)OCC)c1. The van der Waals surface area contributed by atoms with Gasteiger partial charge in [-0.25, -0.2) is 9.59 Å². The smallest absolute Gasteiger partial charge is 0.348 e. The number of hydrogen-bond acceptors (Lipinski definition) is 6. The summed E-state index contributed by atoms with van der Waals surface area (Å²) in [6.45, 7) is 3.64. The average molecular weight is 324 g/mol. The van der Waals surface area contributed by atoms with Crippen molar-refractivity contribution in [2.75, 3.05) is 13.2 Å². The maximum atomic E-state index is 11.6. The van der Waals surface area contributed by atoms with Crippen LogP contribution in [0.2, 0.25) is 0 Å². The van der Waals surface area contributed by atoms with Crippen LogP contribution in [-0.4, -0.2) is 25.2 Å². The largest absolute Gasteiger partial charge is 0.462 e. The number of esters is 2. The van der Waals surface area contributed by atoms with Gasteiger partial charge in [-0.3, -0.25) is 0 Å². The molecule has 0 aliphatic rings. The number of nitriles is 2. The number of ether oxygens (including phenoxy) is 2. The van der Waals surface area contributed by atoms with Gasteiger partial charge in [-0.15, -0.1) is 0 Å². The van der Waals surface area contributed by atoms with E-state index >= 15 is 0 Å². The Hall–Kier alpha value is -3.38. The molecule has 0 aliphatic heterocycles. The normalized spacial score (nSPS) is 11.2. The summed E-state index contributed by atoms with van der Waals surface area (Å²) in [7, 11) is 0. The van der Waals surface area contributed by atoms with Gasteiger partial charge in [0.05, 0.1) is 13.2 Å². The number of rotatable bonds is 6. The van der Waals surface area contributed by atoms with Crippen molar-refractivity contribution in [1.82, 2.24) is 0 Å². The quantitative estimate of drug-likeness (QED) is 0.453. The lowest BCUT2D eigenvalue weighted by molar-refractivity contribution is -0.138. The minimum Gasteiger partial charge on any atom is -0.462 e. The summed E-state index contributed by atoms with van der Waals surface area (Å²) in [5, 5.41) is 18.1. The molecule has 0 fully saturated rings. The van der Waals surface area contributed by atoms with Crippen molar-refractivity contribution in [3.8, 4) is 12.1 Å². The highest BCUT2D eigenvalue weighted by Gasteiger charge is 2.11. The van der Waals surface area contributed by atoms with Crippen LogP contribution in [0.1, 0.15) is 25.0 Å². The second-order valence-corrected chi connectivity index (χ2v) is 4.45. The van der Waals surface area contributed by atoms with Crippen molar-refractivity contribution >= 4 is 24.1 Å². The number of hydrogen-bond donors (Lipinski definition) is 0. The van der Waals surface area contributed by atoms with Crippen LogP contribution in [0, 0.1) is 22.7 Å². The molecular weight excluding hydrogens is 308 g/mol. The molecule has 0 N–H and O–H groups in total. The van der Waals surface area contributed by atoms with E-state index in [4.69, 9.17) is 20.0 Å². The number of nitrogens with zero attached hydrogens (tertiary/aromatic N) is 2. The van der Waals surface area contributed by atoms with Crippen LogP contribution in [-0.2, 0) is 19.1 Å². The highest BCUT2D eigenvalue weighted by Crippen LogP contribution is 2.14. The van der Waals surface area contributed by atoms with Crippen molar-refractivity contribution in [3.63, 3.8) is 0 Å². The maximum absolute atomic E-state index is 11.6. The molecule has 122 valence electrons. The topological polar surface area (TPSA) is 100 Å². The van der Waals surface area contributed by atoms with Crippen LogP contribution in [0.5, 0.6) is 0 Å². The highest BCUT2D eigenvalue weighted by molar-refractivity contribution is 5.99. The molecule has 6 heteroatoms. The Morgan fingerprint density at radius 1 is 0.958 bits per heavy atom. The van der Waals surface area contributed by atoms with Gasteiger partial charge in [0, 0.05) is 0 Å². The summed E-state index contributed by atoms with van der Waals surface area (Å²) >= 11 is 0. The van der Waals surface area contributed by atoms with Gasteiger partial charge in [0.15, 0.2) is 0 Å². The summed E-state index contributed by atoms with van der Waals surface area (Å²) in [6, 6.07) is 10.3. The van der Waals surface area contributed by atoms with E-state index in [0.717, 1.165) is 0 Å². The van der Waals surface area contributed by atoms with Gasteiger partial charge < -0.3 is 9.47 Å². The molecule has 24 heavy (non-hydrogen) atoms. The predicted octanol–water partition coefficient (Wildman–Crippen LogP) is 2.63. The Kier molecular flexibility index (Phi) is 7.47. The summed E-state index contributed by atoms with van der Waals surface area (Å²) in [4.78, 5) is 23.2. The average Bonchev–Trinajstić information content (AvgIpc) is 2.58. The van der Waals surface area contributed by atoms with E-state index in [0.29, 0.717) is 11.1 Å². The van der Waals surface area contributed by atoms with Crippen LogP contribution in [0.3, 0.4) is 0 Å².